The number of piperazine rings is 1. The van der Waals surface area contributed by atoms with E-state index in [0.29, 0.717) is 6.04 Å². The molecule has 3 nitrogen and oxygen atoms in total. The first-order chi connectivity index (χ1) is 8.24. The molecule has 3 rings (SSSR count). The fourth-order valence-electron chi connectivity index (χ4n) is 3.18. The second-order valence-corrected chi connectivity index (χ2v) is 5.45. The van der Waals surface area contributed by atoms with Gasteiger partial charge in [-0.25, -0.2) is 0 Å². The number of rotatable bonds is 1. The van der Waals surface area contributed by atoms with Gasteiger partial charge in [0.25, 0.3) is 0 Å². The van der Waals surface area contributed by atoms with Crippen LogP contribution in [0.4, 0.5) is 5.69 Å². The van der Waals surface area contributed by atoms with Crippen LogP contribution >= 0.6 is 0 Å². The standard InChI is InChI=1S/C14H21N3/c1-11-5-6-13(8-15-11)17-10-14-4-3-7-16(14)9-12(17)2/h5-6,8,12,14H,3-4,7,9-10H2,1-2H3. The van der Waals surface area contributed by atoms with E-state index in [2.05, 4.69) is 33.8 Å². The zero-order chi connectivity index (χ0) is 11.8. The lowest BCUT2D eigenvalue weighted by Crippen LogP contribution is -2.55. The summed E-state index contributed by atoms with van der Waals surface area (Å²) in [5.74, 6) is 0. The third-order valence-electron chi connectivity index (χ3n) is 4.16. The molecule has 3 heteroatoms. The SMILES string of the molecule is Cc1ccc(N2CC3CCCN3CC2C)cn1. The van der Waals surface area contributed by atoms with Crippen LogP contribution in [0.15, 0.2) is 18.3 Å². The van der Waals surface area contributed by atoms with Crippen LogP contribution in [-0.2, 0) is 0 Å². The Morgan fingerprint density at radius 1 is 1.29 bits per heavy atom. The molecule has 17 heavy (non-hydrogen) atoms. The minimum absolute atomic E-state index is 0.605. The maximum absolute atomic E-state index is 4.42. The summed E-state index contributed by atoms with van der Waals surface area (Å²) in [6.07, 6.45) is 4.76. The zero-order valence-electron chi connectivity index (χ0n) is 10.8. The molecule has 92 valence electrons. The van der Waals surface area contributed by atoms with Crippen LogP contribution in [0, 0.1) is 6.92 Å². The number of anilines is 1. The summed E-state index contributed by atoms with van der Waals surface area (Å²) in [6, 6.07) is 5.70. The molecule has 2 aliphatic rings. The average molecular weight is 231 g/mol. The molecular formula is C14H21N3. The summed E-state index contributed by atoms with van der Waals surface area (Å²) in [5.41, 5.74) is 2.38. The molecule has 1 aromatic rings. The van der Waals surface area contributed by atoms with Gasteiger partial charge in [-0.15, -0.1) is 0 Å². The van der Waals surface area contributed by atoms with Gasteiger partial charge in [0, 0.05) is 30.9 Å². The Hall–Kier alpha value is -1.09. The molecule has 2 saturated heterocycles. The van der Waals surface area contributed by atoms with E-state index in [-0.39, 0.29) is 0 Å². The van der Waals surface area contributed by atoms with Crippen LogP contribution in [0.3, 0.4) is 0 Å². The van der Waals surface area contributed by atoms with Crippen molar-refractivity contribution in [1.82, 2.24) is 9.88 Å². The second kappa shape index (κ2) is 4.30. The maximum Gasteiger partial charge on any atom is 0.0556 e. The Morgan fingerprint density at radius 2 is 2.18 bits per heavy atom. The Morgan fingerprint density at radius 3 is 2.94 bits per heavy atom. The minimum atomic E-state index is 0.605. The Bertz CT molecular complexity index is 387. The molecule has 2 fully saturated rings. The third-order valence-corrected chi connectivity index (χ3v) is 4.16. The van der Waals surface area contributed by atoms with E-state index in [1.807, 2.05) is 13.1 Å². The van der Waals surface area contributed by atoms with E-state index in [1.165, 1.54) is 38.2 Å². The van der Waals surface area contributed by atoms with Gasteiger partial charge in [0.2, 0.25) is 0 Å². The molecule has 0 radical (unpaired) electrons. The van der Waals surface area contributed by atoms with Crippen molar-refractivity contribution in [2.45, 2.75) is 38.8 Å². The van der Waals surface area contributed by atoms with E-state index in [9.17, 15) is 0 Å². The molecule has 0 spiro atoms. The van der Waals surface area contributed by atoms with Crippen LogP contribution in [0.1, 0.15) is 25.5 Å². The topological polar surface area (TPSA) is 19.4 Å². The first kappa shape index (κ1) is 11.0. The molecule has 0 bridgehead atoms. The van der Waals surface area contributed by atoms with Crippen molar-refractivity contribution >= 4 is 5.69 Å². The summed E-state index contributed by atoms with van der Waals surface area (Å²) in [5, 5.41) is 0. The molecule has 2 aliphatic heterocycles. The normalized spacial score (nSPS) is 29.4. The van der Waals surface area contributed by atoms with Gasteiger partial charge < -0.3 is 4.90 Å². The van der Waals surface area contributed by atoms with E-state index in [4.69, 9.17) is 0 Å². The van der Waals surface area contributed by atoms with Crippen molar-refractivity contribution in [2.75, 3.05) is 24.5 Å². The maximum atomic E-state index is 4.42. The van der Waals surface area contributed by atoms with Gasteiger partial charge in [0.05, 0.1) is 11.9 Å². The summed E-state index contributed by atoms with van der Waals surface area (Å²) >= 11 is 0. The number of pyridine rings is 1. The first-order valence-corrected chi connectivity index (χ1v) is 6.67. The zero-order valence-corrected chi connectivity index (χ0v) is 10.8. The van der Waals surface area contributed by atoms with E-state index >= 15 is 0 Å². The molecular weight excluding hydrogens is 210 g/mol. The average Bonchev–Trinajstić information content (AvgIpc) is 2.76. The van der Waals surface area contributed by atoms with E-state index in [0.717, 1.165) is 11.7 Å². The van der Waals surface area contributed by atoms with Gasteiger partial charge in [0.15, 0.2) is 0 Å². The Balaban J connectivity index is 1.80. The highest BCUT2D eigenvalue weighted by atomic mass is 15.3. The molecule has 0 saturated carbocycles. The largest absolute Gasteiger partial charge is 0.365 e. The summed E-state index contributed by atoms with van der Waals surface area (Å²) in [4.78, 5) is 9.60. The minimum Gasteiger partial charge on any atom is -0.365 e. The van der Waals surface area contributed by atoms with Crippen molar-refractivity contribution in [3.8, 4) is 0 Å². The fraction of sp³-hybridized carbons (Fsp3) is 0.643. The number of hydrogen-bond acceptors (Lipinski definition) is 3. The lowest BCUT2D eigenvalue weighted by atomic mass is 10.1. The highest BCUT2D eigenvalue weighted by Crippen LogP contribution is 2.28. The number of nitrogens with zero attached hydrogens (tertiary/aromatic N) is 3. The van der Waals surface area contributed by atoms with Crippen LogP contribution in [0.5, 0.6) is 0 Å². The highest BCUT2D eigenvalue weighted by molar-refractivity contribution is 5.46. The predicted molar refractivity (Wildman–Crippen MR) is 70.4 cm³/mol. The summed E-state index contributed by atoms with van der Waals surface area (Å²) in [7, 11) is 0. The molecule has 0 amide bonds. The van der Waals surface area contributed by atoms with Gasteiger partial charge in [-0.3, -0.25) is 9.88 Å². The first-order valence-electron chi connectivity index (χ1n) is 6.67. The second-order valence-electron chi connectivity index (χ2n) is 5.45. The van der Waals surface area contributed by atoms with E-state index in [1.54, 1.807) is 0 Å². The predicted octanol–water partition coefficient (Wildman–Crippen LogP) is 2.06. The number of fused-ring (bicyclic) bond motifs is 1. The fourth-order valence-corrected chi connectivity index (χ4v) is 3.18. The van der Waals surface area contributed by atoms with Crippen molar-refractivity contribution in [1.29, 1.82) is 0 Å². The lowest BCUT2D eigenvalue weighted by Gasteiger charge is -2.43. The summed E-state index contributed by atoms with van der Waals surface area (Å²) < 4.78 is 0. The molecule has 2 unspecified atom stereocenters. The van der Waals surface area contributed by atoms with Gasteiger partial charge in [-0.1, -0.05) is 0 Å². The number of aryl methyl sites for hydroxylation is 1. The molecule has 0 aromatic carbocycles. The van der Waals surface area contributed by atoms with Crippen LogP contribution in [0.2, 0.25) is 0 Å². The molecule has 0 aliphatic carbocycles. The highest BCUT2D eigenvalue weighted by Gasteiger charge is 2.34. The number of aromatic nitrogens is 1. The molecule has 1 aromatic heterocycles. The van der Waals surface area contributed by atoms with Gasteiger partial charge >= 0.3 is 0 Å². The Kier molecular flexibility index (Phi) is 2.79. The molecule has 2 atom stereocenters. The van der Waals surface area contributed by atoms with Crippen molar-refractivity contribution in [3.05, 3.63) is 24.0 Å². The monoisotopic (exact) mass is 231 g/mol. The van der Waals surface area contributed by atoms with Gasteiger partial charge in [0.1, 0.15) is 0 Å². The molecule has 3 heterocycles. The third kappa shape index (κ3) is 2.04. The quantitative estimate of drug-likeness (QED) is 0.737. The van der Waals surface area contributed by atoms with Gasteiger partial charge in [-0.05, 0) is 45.4 Å². The van der Waals surface area contributed by atoms with Crippen molar-refractivity contribution < 1.29 is 0 Å². The van der Waals surface area contributed by atoms with Gasteiger partial charge in [-0.2, -0.15) is 0 Å². The summed E-state index contributed by atoms with van der Waals surface area (Å²) in [6.45, 7) is 8.05. The van der Waals surface area contributed by atoms with Crippen LogP contribution < -0.4 is 4.90 Å². The molecule has 0 N–H and O–H groups in total. The number of hydrogen-bond donors (Lipinski definition) is 0. The van der Waals surface area contributed by atoms with Crippen molar-refractivity contribution in [3.63, 3.8) is 0 Å². The van der Waals surface area contributed by atoms with E-state index < -0.39 is 0 Å². The van der Waals surface area contributed by atoms with Crippen LogP contribution in [-0.4, -0.2) is 41.6 Å². The van der Waals surface area contributed by atoms with Crippen molar-refractivity contribution in [2.24, 2.45) is 0 Å². The smallest absolute Gasteiger partial charge is 0.0556 e. The lowest BCUT2D eigenvalue weighted by molar-refractivity contribution is 0.203. The van der Waals surface area contributed by atoms with Crippen LogP contribution in [0.25, 0.3) is 0 Å². The Labute approximate surface area is 103 Å².